The number of halogens is 3. The lowest BCUT2D eigenvalue weighted by molar-refractivity contribution is 0.0581. The fraction of sp³-hybridized carbons (Fsp3) is 0.333. The monoisotopic (exact) mass is 250 g/mol. The maximum absolute atomic E-state index is 12.8. The molecule has 88 valence electrons. The highest BCUT2D eigenvalue weighted by Crippen LogP contribution is 2.30. The van der Waals surface area contributed by atoms with Gasteiger partial charge in [-0.1, -0.05) is 0 Å². The van der Waals surface area contributed by atoms with Gasteiger partial charge in [0, 0.05) is 5.56 Å². The summed E-state index contributed by atoms with van der Waals surface area (Å²) in [5, 5.41) is 0. The molecular formula is C9H9ClF2N2O2. The van der Waals surface area contributed by atoms with E-state index in [0.29, 0.717) is 0 Å². The molecule has 2 N–H and O–H groups in total. The molecule has 0 atom stereocenters. The van der Waals surface area contributed by atoms with E-state index >= 15 is 0 Å². The van der Waals surface area contributed by atoms with Crippen molar-refractivity contribution in [1.29, 1.82) is 0 Å². The van der Waals surface area contributed by atoms with Crippen LogP contribution in [0.25, 0.3) is 0 Å². The van der Waals surface area contributed by atoms with E-state index in [1.165, 1.54) is 0 Å². The number of aromatic nitrogens is 1. The molecule has 16 heavy (non-hydrogen) atoms. The Balaban J connectivity index is 3.45. The highest BCUT2D eigenvalue weighted by Gasteiger charge is 2.25. The van der Waals surface area contributed by atoms with Crippen molar-refractivity contribution >= 4 is 23.3 Å². The molecule has 0 radical (unpaired) electrons. The van der Waals surface area contributed by atoms with Gasteiger partial charge in [0.1, 0.15) is 0 Å². The van der Waals surface area contributed by atoms with Crippen molar-refractivity contribution in [2.75, 3.05) is 12.8 Å². The summed E-state index contributed by atoms with van der Waals surface area (Å²) < 4.78 is 29.9. The number of carbonyl (C=O) groups is 1. The summed E-state index contributed by atoms with van der Waals surface area (Å²) in [5.74, 6) is -1.17. The first-order chi connectivity index (χ1) is 7.52. The lowest BCUT2D eigenvalue weighted by atomic mass is 10.1. The normalized spacial score (nSPS) is 10.6. The van der Waals surface area contributed by atoms with Crippen molar-refractivity contribution in [3.05, 3.63) is 23.0 Å². The number of rotatable bonds is 3. The summed E-state index contributed by atoms with van der Waals surface area (Å²) in [6, 6.07) is 0. The Bertz CT molecular complexity index is 413. The van der Waals surface area contributed by atoms with E-state index in [9.17, 15) is 13.6 Å². The number of esters is 1. The fourth-order valence-corrected chi connectivity index (χ4v) is 1.52. The lowest BCUT2D eigenvalue weighted by Crippen LogP contribution is -2.13. The van der Waals surface area contributed by atoms with Crippen LogP contribution in [-0.4, -0.2) is 18.1 Å². The maximum atomic E-state index is 12.8. The molecule has 0 spiro atoms. The molecule has 1 rings (SSSR count). The predicted octanol–water partition coefficient (Wildman–Crippen LogP) is 2.13. The van der Waals surface area contributed by atoms with Crippen molar-refractivity contribution in [3.8, 4) is 0 Å². The van der Waals surface area contributed by atoms with Gasteiger partial charge in [0.05, 0.1) is 30.4 Å². The highest BCUT2D eigenvalue weighted by molar-refractivity contribution is 6.17. The van der Waals surface area contributed by atoms with Gasteiger partial charge in [0.25, 0.3) is 6.43 Å². The second kappa shape index (κ2) is 5.07. The average Bonchev–Trinajstić information content (AvgIpc) is 2.27. The smallest absolute Gasteiger partial charge is 0.357 e. The molecule has 0 amide bonds. The number of alkyl halides is 3. The number of ether oxygens (including phenoxy) is 1. The zero-order valence-electron chi connectivity index (χ0n) is 8.34. The molecule has 7 heteroatoms. The Morgan fingerprint density at radius 3 is 2.75 bits per heavy atom. The first-order valence-corrected chi connectivity index (χ1v) is 4.76. The second-order valence-electron chi connectivity index (χ2n) is 2.88. The van der Waals surface area contributed by atoms with Crippen molar-refractivity contribution in [3.63, 3.8) is 0 Å². The van der Waals surface area contributed by atoms with Gasteiger partial charge >= 0.3 is 5.97 Å². The van der Waals surface area contributed by atoms with E-state index in [2.05, 4.69) is 9.72 Å². The predicted molar refractivity (Wildman–Crippen MR) is 54.5 cm³/mol. The molecule has 0 unspecified atom stereocenters. The number of nitrogens with two attached hydrogens (primary N) is 1. The number of methoxy groups -OCH3 is 1. The fourth-order valence-electron chi connectivity index (χ4n) is 1.22. The van der Waals surface area contributed by atoms with Gasteiger partial charge in [0.15, 0.2) is 5.69 Å². The Labute approximate surface area is 95.4 Å². The molecule has 0 saturated heterocycles. The van der Waals surface area contributed by atoms with Crippen molar-refractivity contribution < 1.29 is 18.3 Å². The summed E-state index contributed by atoms with van der Waals surface area (Å²) in [6.45, 7) is 0. The average molecular weight is 251 g/mol. The Hall–Kier alpha value is -1.43. The Kier molecular flexibility index (Phi) is 4.00. The van der Waals surface area contributed by atoms with Crippen LogP contribution in [0.3, 0.4) is 0 Å². The van der Waals surface area contributed by atoms with Crippen LogP contribution in [0.1, 0.15) is 28.0 Å². The Morgan fingerprint density at radius 2 is 2.31 bits per heavy atom. The second-order valence-corrected chi connectivity index (χ2v) is 3.15. The van der Waals surface area contributed by atoms with E-state index < -0.39 is 23.7 Å². The minimum atomic E-state index is -2.89. The van der Waals surface area contributed by atoms with Crippen LogP contribution in [0.4, 0.5) is 14.5 Å². The van der Waals surface area contributed by atoms with Gasteiger partial charge in [-0.05, 0) is 0 Å². The third kappa shape index (κ3) is 2.21. The third-order valence-corrected chi connectivity index (χ3v) is 2.26. The summed E-state index contributed by atoms with van der Waals surface area (Å²) in [7, 11) is 1.08. The molecule has 0 bridgehead atoms. The van der Waals surface area contributed by atoms with Crippen LogP contribution in [0, 0.1) is 0 Å². The number of anilines is 1. The number of hydrogen-bond donors (Lipinski definition) is 1. The quantitative estimate of drug-likeness (QED) is 0.659. The number of carbonyl (C=O) groups excluding carboxylic acids is 1. The first kappa shape index (κ1) is 12.6. The molecule has 1 aromatic heterocycles. The zero-order valence-corrected chi connectivity index (χ0v) is 9.09. The maximum Gasteiger partial charge on any atom is 0.357 e. The number of nitrogens with zero attached hydrogens (tertiary/aromatic N) is 1. The molecule has 1 aromatic rings. The van der Waals surface area contributed by atoms with Crippen molar-refractivity contribution in [1.82, 2.24) is 4.98 Å². The zero-order chi connectivity index (χ0) is 12.3. The van der Waals surface area contributed by atoms with E-state index in [-0.39, 0.29) is 17.1 Å². The molecule has 0 aromatic carbocycles. The van der Waals surface area contributed by atoms with E-state index in [1.807, 2.05) is 0 Å². The molecular weight excluding hydrogens is 242 g/mol. The van der Waals surface area contributed by atoms with Crippen LogP contribution >= 0.6 is 11.6 Å². The molecule has 0 aliphatic rings. The summed E-state index contributed by atoms with van der Waals surface area (Å²) in [6.07, 6.45) is -1.78. The molecule has 0 fully saturated rings. The summed E-state index contributed by atoms with van der Waals surface area (Å²) in [4.78, 5) is 14.8. The molecule has 0 aliphatic carbocycles. The van der Waals surface area contributed by atoms with Crippen LogP contribution in [0.5, 0.6) is 0 Å². The van der Waals surface area contributed by atoms with Crippen LogP contribution in [0.2, 0.25) is 0 Å². The van der Waals surface area contributed by atoms with E-state index in [1.54, 1.807) is 0 Å². The third-order valence-electron chi connectivity index (χ3n) is 1.99. The van der Waals surface area contributed by atoms with Gasteiger partial charge in [0.2, 0.25) is 0 Å². The van der Waals surface area contributed by atoms with Gasteiger partial charge < -0.3 is 10.5 Å². The van der Waals surface area contributed by atoms with Gasteiger partial charge in [-0.15, -0.1) is 11.6 Å². The molecule has 4 nitrogen and oxygen atoms in total. The van der Waals surface area contributed by atoms with Gasteiger partial charge in [-0.2, -0.15) is 0 Å². The Morgan fingerprint density at radius 1 is 1.69 bits per heavy atom. The summed E-state index contributed by atoms with van der Waals surface area (Å²) >= 11 is 5.51. The van der Waals surface area contributed by atoms with Crippen molar-refractivity contribution in [2.45, 2.75) is 12.3 Å². The largest absolute Gasteiger partial charge is 0.464 e. The standard InChI is InChI=1S/C9H9ClF2N2O2/c1-16-9(15)7-6(8(11)12)4(2-10)5(13)3-14-7/h3,8H,2,13H2,1H3. The SMILES string of the molecule is COC(=O)c1ncc(N)c(CCl)c1C(F)F. The summed E-state index contributed by atoms with van der Waals surface area (Å²) in [5.41, 5.74) is 4.46. The lowest BCUT2D eigenvalue weighted by Gasteiger charge is -2.12. The highest BCUT2D eigenvalue weighted by atomic mass is 35.5. The van der Waals surface area contributed by atoms with Gasteiger partial charge in [-0.3, -0.25) is 0 Å². The van der Waals surface area contributed by atoms with Crippen LogP contribution in [-0.2, 0) is 10.6 Å². The number of hydrogen-bond acceptors (Lipinski definition) is 4. The topological polar surface area (TPSA) is 65.2 Å². The molecule has 0 aliphatic heterocycles. The molecule has 0 saturated carbocycles. The van der Waals surface area contributed by atoms with Crippen LogP contribution in [0.15, 0.2) is 6.20 Å². The molecule has 1 heterocycles. The van der Waals surface area contributed by atoms with Crippen LogP contribution < -0.4 is 5.73 Å². The van der Waals surface area contributed by atoms with E-state index in [4.69, 9.17) is 17.3 Å². The van der Waals surface area contributed by atoms with Gasteiger partial charge in [-0.25, -0.2) is 18.6 Å². The number of pyridine rings is 1. The number of nitrogen functional groups attached to an aromatic ring is 1. The van der Waals surface area contributed by atoms with Crippen molar-refractivity contribution in [2.24, 2.45) is 0 Å². The van der Waals surface area contributed by atoms with E-state index in [0.717, 1.165) is 13.3 Å². The minimum absolute atomic E-state index is 0.00654. The minimum Gasteiger partial charge on any atom is -0.464 e. The first-order valence-electron chi connectivity index (χ1n) is 4.22.